The smallest absolute Gasteiger partial charge is 0.280 e. The van der Waals surface area contributed by atoms with E-state index in [-0.39, 0.29) is 16.3 Å². The molecule has 1 aliphatic rings. The summed E-state index contributed by atoms with van der Waals surface area (Å²) in [4.78, 5) is 25.2. The van der Waals surface area contributed by atoms with Gasteiger partial charge in [-0.1, -0.05) is 24.3 Å². The summed E-state index contributed by atoms with van der Waals surface area (Å²) in [6.45, 7) is 1.77. The van der Waals surface area contributed by atoms with E-state index in [2.05, 4.69) is 17.9 Å². The van der Waals surface area contributed by atoms with Crippen molar-refractivity contribution in [1.29, 1.82) is 5.26 Å². The Hall–Kier alpha value is -4.03. The van der Waals surface area contributed by atoms with Crippen LogP contribution in [-0.4, -0.2) is 10.8 Å². The first kappa shape index (κ1) is 20.3. The van der Waals surface area contributed by atoms with Crippen molar-refractivity contribution in [1.82, 2.24) is 5.32 Å². The van der Waals surface area contributed by atoms with Crippen LogP contribution in [0, 0.1) is 28.4 Å². The van der Waals surface area contributed by atoms with Gasteiger partial charge in [0.2, 0.25) is 0 Å². The number of thiol groups is 1. The number of nitro groups is 1. The highest BCUT2D eigenvalue weighted by molar-refractivity contribution is 7.84. The van der Waals surface area contributed by atoms with Gasteiger partial charge < -0.3 is 14.6 Å². The molecule has 0 saturated heterocycles. The molecule has 2 aromatic carbocycles. The third-order valence-corrected chi connectivity index (χ3v) is 5.30. The fourth-order valence-corrected chi connectivity index (χ4v) is 3.79. The average molecular weight is 432 g/mol. The summed E-state index contributed by atoms with van der Waals surface area (Å²) in [5, 5.41) is 23.8. The van der Waals surface area contributed by atoms with E-state index in [9.17, 15) is 20.2 Å². The number of anilines is 1. The van der Waals surface area contributed by atoms with Crippen molar-refractivity contribution in [2.24, 2.45) is 0 Å². The van der Waals surface area contributed by atoms with Gasteiger partial charge in [-0.3, -0.25) is 14.9 Å². The number of nitriles is 1. The second-order valence-electron chi connectivity index (χ2n) is 6.87. The number of nitrogens with zero attached hydrogens (tertiary/aromatic N) is 3. The predicted molar refractivity (Wildman–Crippen MR) is 117 cm³/mol. The number of nitro benzene ring substituents is 1. The van der Waals surface area contributed by atoms with Crippen molar-refractivity contribution >= 4 is 29.9 Å². The molecule has 1 aliphatic heterocycles. The van der Waals surface area contributed by atoms with Gasteiger partial charge in [0.15, 0.2) is 6.17 Å². The Morgan fingerprint density at radius 3 is 2.61 bits per heavy atom. The van der Waals surface area contributed by atoms with Gasteiger partial charge in [0.25, 0.3) is 11.6 Å². The maximum atomic E-state index is 12.5. The summed E-state index contributed by atoms with van der Waals surface area (Å²) in [6, 6.07) is 19.1. The van der Waals surface area contributed by atoms with E-state index in [1.54, 1.807) is 36.1 Å². The molecular weight excluding hydrogens is 416 g/mol. The van der Waals surface area contributed by atoms with Crippen LogP contribution in [0.15, 0.2) is 75.7 Å². The molecule has 31 heavy (non-hydrogen) atoms. The summed E-state index contributed by atoms with van der Waals surface area (Å²) in [6.07, 6.45) is -0.794. The molecule has 1 aromatic heterocycles. The van der Waals surface area contributed by atoms with Gasteiger partial charge in [-0.05, 0) is 42.8 Å². The lowest BCUT2D eigenvalue weighted by Crippen LogP contribution is -2.45. The summed E-state index contributed by atoms with van der Waals surface area (Å²) in [7, 11) is 0. The molecule has 8 nitrogen and oxygen atoms in total. The van der Waals surface area contributed by atoms with Crippen molar-refractivity contribution in [3.8, 4) is 17.4 Å². The molecule has 9 heteroatoms. The van der Waals surface area contributed by atoms with Crippen LogP contribution in [0.2, 0.25) is 0 Å². The first-order valence-electron chi connectivity index (χ1n) is 9.24. The molecule has 1 atom stereocenters. The normalized spacial score (nSPS) is 16.1. The van der Waals surface area contributed by atoms with E-state index in [1.165, 1.54) is 6.07 Å². The minimum absolute atomic E-state index is 0.0740. The third-order valence-electron chi connectivity index (χ3n) is 4.86. The number of benzene rings is 2. The van der Waals surface area contributed by atoms with Crippen LogP contribution < -0.4 is 10.2 Å². The fourth-order valence-electron chi connectivity index (χ4n) is 3.41. The monoisotopic (exact) mass is 432 g/mol. The highest BCUT2D eigenvalue weighted by Gasteiger charge is 2.36. The molecule has 0 fully saturated rings. The standard InChI is InChI=1S/C22H16N4O4S/c1-13-7-8-15(17(11-13)26(28)29)18-9-10-19(30-18)20-24-21(27)16(12-23)22(31)25(20)14-5-3-2-4-6-14/h2-11,20,31H,1H3,(H,24,27)/t20-/m0/s1. The summed E-state index contributed by atoms with van der Waals surface area (Å²) in [5.74, 6) is 0.0503. The van der Waals surface area contributed by atoms with Crippen molar-refractivity contribution in [2.75, 3.05) is 4.90 Å². The fraction of sp³-hybridized carbons (Fsp3) is 0.0909. The van der Waals surface area contributed by atoms with E-state index in [0.717, 1.165) is 5.56 Å². The molecule has 0 spiro atoms. The number of amides is 1. The van der Waals surface area contributed by atoms with E-state index in [0.29, 0.717) is 22.8 Å². The Morgan fingerprint density at radius 2 is 1.94 bits per heavy atom. The molecule has 0 bridgehead atoms. The number of carbonyl (C=O) groups is 1. The van der Waals surface area contributed by atoms with Crippen LogP contribution in [0.5, 0.6) is 0 Å². The number of hydrogen-bond donors (Lipinski definition) is 2. The number of nitrogens with one attached hydrogen (secondary N) is 1. The Bertz CT molecular complexity index is 1260. The molecule has 1 N–H and O–H groups in total. The third kappa shape index (κ3) is 3.65. The van der Waals surface area contributed by atoms with Crippen LogP contribution in [-0.2, 0) is 4.79 Å². The lowest BCUT2D eigenvalue weighted by atomic mass is 10.1. The van der Waals surface area contributed by atoms with Crippen molar-refractivity contribution in [2.45, 2.75) is 13.1 Å². The number of para-hydroxylation sites is 1. The second kappa shape index (κ2) is 8.01. The lowest BCUT2D eigenvalue weighted by Gasteiger charge is -2.36. The van der Waals surface area contributed by atoms with E-state index in [4.69, 9.17) is 4.42 Å². The SMILES string of the molecule is Cc1ccc(-c2ccc([C@H]3NC(=O)C(C#N)=C(S)N3c3ccccc3)o2)c([N+](=O)[O-])c1. The summed E-state index contributed by atoms with van der Waals surface area (Å²) in [5.41, 5.74) is 1.57. The molecule has 3 aromatic rings. The number of aryl methyl sites for hydroxylation is 1. The average Bonchev–Trinajstić information content (AvgIpc) is 3.24. The van der Waals surface area contributed by atoms with Crippen LogP contribution in [0.4, 0.5) is 11.4 Å². The zero-order valence-corrected chi connectivity index (χ0v) is 17.2. The maximum absolute atomic E-state index is 12.5. The Labute approximate surface area is 183 Å². The minimum atomic E-state index is -0.794. The van der Waals surface area contributed by atoms with Crippen molar-refractivity contribution < 1.29 is 14.1 Å². The van der Waals surface area contributed by atoms with Gasteiger partial charge >= 0.3 is 0 Å². The van der Waals surface area contributed by atoms with Gasteiger partial charge in [-0.2, -0.15) is 5.26 Å². The summed E-state index contributed by atoms with van der Waals surface area (Å²) < 4.78 is 5.96. The molecule has 0 radical (unpaired) electrons. The molecule has 0 saturated carbocycles. The second-order valence-corrected chi connectivity index (χ2v) is 7.30. The highest BCUT2D eigenvalue weighted by atomic mass is 32.1. The van der Waals surface area contributed by atoms with Crippen LogP contribution in [0.25, 0.3) is 11.3 Å². The number of furan rings is 1. The zero-order valence-electron chi connectivity index (χ0n) is 16.3. The van der Waals surface area contributed by atoms with Gasteiger partial charge in [-0.25, -0.2) is 0 Å². The Balaban J connectivity index is 1.81. The molecule has 0 unspecified atom stereocenters. The van der Waals surface area contributed by atoms with Crippen molar-refractivity contribution in [3.05, 3.63) is 92.7 Å². The molecule has 2 heterocycles. The van der Waals surface area contributed by atoms with Gasteiger partial charge in [0, 0.05) is 11.8 Å². The van der Waals surface area contributed by atoms with E-state index in [1.807, 2.05) is 36.4 Å². The zero-order chi connectivity index (χ0) is 22.1. The lowest BCUT2D eigenvalue weighted by molar-refractivity contribution is -0.384. The maximum Gasteiger partial charge on any atom is 0.280 e. The summed E-state index contributed by atoms with van der Waals surface area (Å²) >= 11 is 4.43. The number of rotatable bonds is 4. The Kier molecular flexibility index (Phi) is 5.23. The van der Waals surface area contributed by atoms with Gasteiger partial charge in [-0.15, -0.1) is 12.6 Å². The van der Waals surface area contributed by atoms with Crippen LogP contribution in [0.1, 0.15) is 17.5 Å². The molecular formula is C22H16N4O4S. The van der Waals surface area contributed by atoms with Gasteiger partial charge in [0.1, 0.15) is 23.2 Å². The van der Waals surface area contributed by atoms with Crippen molar-refractivity contribution in [3.63, 3.8) is 0 Å². The predicted octanol–water partition coefficient (Wildman–Crippen LogP) is 4.46. The first-order chi connectivity index (χ1) is 14.9. The molecule has 4 rings (SSSR count). The highest BCUT2D eigenvalue weighted by Crippen LogP contribution is 2.38. The molecule has 154 valence electrons. The topological polar surface area (TPSA) is 112 Å². The van der Waals surface area contributed by atoms with E-state index < -0.39 is 17.0 Å². The van der Waals surface area contributed by atoms with Crippen LogP contribution in [0.3, 0.4) is 0 Å². The first-order valence-corrected chi connectivity index (χ1v) is 9.69. The quantitative estimate of drug-likeness (QED) is 0.357. The minimum Gasteiger partial charge on any atom is -0.457 e. The van der Waals surface area contributed by atoms with Gasteiger partial charge in [0.05, 0.1) is 15.5 Å². The number of carbonyl (C=O) groups excluding carboxylic acids is 1. The van der Waals surface area contributed by atoms with Crippen LogP contribution >= 0.6 is 12.6 Å². The molecule has 0 aliphatic carbocycles. The number of hydrogen-bond acceptors (Lipinski definition) is 7. The molecule has 1 amide bonds. The Morgan fingerprint density at radius 1 is 1.19 bits per heavy atom. The largest absolute Gasteiger partial charge is 0.457 e. The van der Waals surface area contributed by atoms with E-state index >= 15 is 0 Å².